The third-order valence-electron chi connectivity index (χ3n) is 5.02. The Morgan fingerprint density at radius 3 is 1.14 bits per heavy atom. The Labute approximate surface area is 141 Å². The molecular formula is C21H45N. The molecular weight excluding hydrogens is 266 g/mol. The Hall–Kier alpha value is -0.0400. The lowest BCUT2D eigenvalue weighted by Crippen LogP contribution is -2.14. The fourth-order valence-electron chi connectivity index (χ4n) is 3.34. The second-order valence-electron chi connectivity index (χ2n) is 7.28. The SMILES string of the molecule is CCCCCCCCCCCCC(CN)CCCCCCC. The molecule has 0 rings (SSSR count). The van der Waals surface area contributed by atoms with Crippen molar-refractivity contribution in [2.24, 2.45) is 11.7 Å². The predicted molar refractivity (Wildman–Crippen MR) is 102 cm³/mol. The number of hydrogen-bond donors (Lipinski definition) is 1. The molecule has 0 radical (unpaired) electrons. The van der Waals surface area contributed by atoms with E-state index in [0.29, 0.717) is 0 Å². The van der Waals surface area contributed by atoms with Gasteiger partial charge in [0.15, 0.2) is 0 Å². The third-order valence-corrected chi connectivity index (χ3v) is 5.02. The van der Waals surface area contributed by atoms with Crippen LogP contribution in [0.5, 0.6) is 0 Å². The van der Waals surface area contributed by atoms with Gasteiger partial charge in [0.1, 0.15) is 0 Å². The molecule has 1 nitrogen and oxygen atoms in total. The summed E-state index contributed by atoms with van der Waals surface area (Å²) in [6.45, 7) is 5.49. The second-order valence-corrected chi connectivity index (χ2v) is 7.28. The summed E-state index contributed by atoms with van der Waals surface area (Å²) in [5, 5.41) is 0. The van der Waals surface area contributed by atoms with E-state index in [-0.39, 0.29) is 0 Å². The molecule has 0 amide bonds. The molecule has 0 aromatic carbocycles. The zero-order valence-electron chi connectivity index (χ0n) is 15.9. The highest BCUT2D eigenvalue weighted by molar-refractivity contribution is 4.61. The van der Waals surface area contributed by atoms with Gasteiger partial charge in [-0.3, -0.25) is 0 Å². The second kappa shape index (κ2) is 19.0. The molecule has 0 aliphatic heterocycles. The molecule has 0 saturated carbocycles. The van der Waals surface area contributed by atoms with Gasteiger partial charge < -0.3 is 5.73 Å². The first-order valence-electron chi connectivity index (χ1n) is 10.5. The standard InChI is InChI=1S/C21H45N/c1-3-5-7-9-10-11-12-13-15-17-19-21(20-22)18-16-14-8-6-4-2/h21H,3-20,22H2,1-2H3. The van der Waals surface area contributed by atoms with Crippen LogP contribution in [-0.2, 0) is 0 Å². The van der Waals surface area contributed by atoms with Crippen molar-refractivity contribution in [3.8, 4) is 0 Å². The number of hydrogen-bond acceptors (Lipinski definition) is 1. The van der Waals surface area contributed by atoms with Crippen LogP contribution >= 0.6 is 0 Å². The highest BCUT2D eigenvalue weighted by Gasteiger charge is 2.06. The van der Waals surface area contributed by atoms with Crippen molar-refractivity contribution in [1.82, 2.24) is 0 Å². The van der Waals surface area contributed by atoms with Crippen LogP contribution in [0.25, 0.3) is 0 Å². The molecule has 0 aliphatic rings. The summed E-state index contributed by atoms with van der Waals surface area (Å²) < 4.78 is 0. The molecule has 0 bridgehead atoms. The van der Waals surface area contributed by atoms with Crippen LogP contribution < -0.4 is 5.73 Å². The number of unbranched alkanes of at least 4 members (excludes halogenated alkanes) is 13. The fraction of sp³-hybridized carbons (Fsp3) is 1.00. The van der Waals surface area contributed by atoms with Crippen LogP contribution in [0.4, 0.5) is 0 Å². The van der Waals surface area contributed by atoms with Gasteiger partial charge in [0, 0.05) is 0 Å². The van der Waals surface area contributed by atoms with Crippen LogP contribution in [0.15, 0.2) is 0 Å². The molecule has 0 saturated heterocycles. The first kappa shape index (κ1) is 22.0. The molecule has 0 aromatic heterocycles. The normalized spacial score (nSPS) is 12.7. The zero-order chi connectivity index (χ0) is 16.3. The summed E-state index contributed by atoms with van der Waals surface area (Å²) in [5.74, 6) is 0.802. The van der Waals surface area contributed by atoms with E-state index in [4.69, 9.17) is 5.73 Å². The number of rotatable bonds is 18. The van der Waals surface area contributed by atoms with Gasteiger partial charge in [0.2, 0.25) is 0 Å². The van der Waals surface area contributed by atoms with Gasteiger partial charge in [-0.15, -0.1) is 0 Å². The minimum absolute atomic E-state index is 0.802. The quantitative estimate of drug-likeness (QED) is 0.265. The molecule has 1 atom stereocenters. The smallest absolute Gasteiger partial charge is 0.00489 e. The maximum absolute atomic E-state index is 5.93. The highest BCUT2D eigenvalue weighted by atomic mass is 14.5. The third kappa shape index (κ3) is 16.3. The molecule has 0 fully saturated rings. The van der Waals surface area contributed by atoms with E-state index in [1.165, 1.54) is 109 Å². The lowest BCUT2D eigenvalue weighted by Gasteiger charge is -2.14. The molecule has 0 aliphatic carbocycles. The first-order valence-corrected chi connectivity index (χ1v) is 10.5. The van der Waals surface area contributed by atoms with E-state index < -0.39 is 0 Å². The summed E-state index contributed by atoms with van der Waals surface area (Å²) in [6, 6.07) is 0. The Balaban J connectivity index is 3.25. The average molecular weight is 312 g/mol. The minimum Gasteiger partial charge on any atom is -0.330 e. The monoisotopic (exact) mass is 311 g/mol. The maximum Gasteiger partial charge on any atom is -0.00489 e. The van der Waals surface area contributed by atoms with Gasteiger partial charge in [0.05, 0.1) is 0 Å². The van der Waals surface area contributed by atoms with E-state index in [1.54, 1.807) is 0 Å². The lowest BCUT2D eigenvalue weighted by molar-refractivity contribution is 0.410. The maximum atomic E-state index is 5.93. The summed E-state index contributed by atoms with van der Waals surface area (Å²) >= 11 is 0. The molecule has 1 unspecified atom stereocenters. The van der Waals surface area contributed by atoms with Crippen LogP contribution in [0.3, 0.4) is 0 Å². The zero-order valence-corrected chi connectivity index (χ0v) is 15.9. The lowest BCUT2D eigenvalue weighted by atomic mass is 9.94. The van der Waals surface area contributed by atoms with Crippen LogP contribution in [0.2, 0.25) is 0 Å². The van der Waals surface area contributed by atoms with Crippen LogP contribution in [0, 0.1) is 5.92 Å². The van der Waals surface area contributed by atoms with Gasteiger partial charge in [-0.05, 0) is 25.3 Å². The average Bonchev–Trinajstić information content (AvgIpc) is 2.54. The van der Waals surface area contributed by atoms with Gasteiger partial charge in [-0.25, -0.2) is 0 Å². The van der Waals surface area contributed by atoms with Gasteiger partial charge >= 0.3 is 0 Å². The Kier molecular flexibility index (Phi) is 19.0. The fourth-order valence-corrected chi connectivity index (χ4v) is 3.34. The Bertz CT molecular complexity index is 190. The van der Waals surface area contributed by atoms with Crippen molar-refractivity contribution in [3.05, 3.63) is 0 Å². The van der Waals surface area contributed by atoms with E-state index in [1.807, 2.05) is 0 Å². The molecule has 0 aromatic rings. The molecule has 22 heavy (non-hydrogen) atoms. The molecule has 0 spiro atoms. The summed E-state index contributed by atoms with van der Waals surface area (Å²) in [5.41, 5.74) is 5.93. The predicted octanol–water partition coefficient (Wildman–Crippen LogP) is 7.23. The first-order chi connectivity index (χ1) is 10.8. The Morgan fingerprint density at radius 2 is 0.818 bits per heavy atom. The van der Waals surface area contributed by atoms with Crippen LogP contribution in [-0.4, -0.2) is 6.54 Å². The van der Waals surface area contributed by atoms with Crippen molar-refractivity contribution < 1.29 is 0 Å². The summed E-state index contributed by atoms with van der Waals surface area (Å²) in [7, 11) is 0. The Morgan fingerprint density at radius 1 is 0.500 bits per heavy atom. The van der Waals surface area contributed by atoms with Crippen molar-refractivity contribution in [3.63, 3.8) is 0 Å². The topological polar surface area (TPSA) is 26.0 Å². The van der Waals surface area contributed by atoms with Gasteiger partial charge in [0.25, 0.3) is 0 Å². The molecule has 134 valence electrons. The van der Waals surface area contributed by atoms with Crippen molar-refractivity contribution in [2.45, 2.75) is 123 Å². The minimum atomic E-state index is 0.802. The summed E-state index contributed by atoms with van der Waals surface area (Å²) in [4.78, 5) is 0. The van der Waals surface area contributed by atoms with E-state index in [2.05, 4.69) is 13.8 Å². The van der Waals surface area contributed by atoms with E-state index in [9.17, 15) is 0 Å². The largest absolute Gasteiger partial charge is 0.330 e. The van der Waals surface area contributed by atoms with Gasteiger partial charge in [-0.1, -0.05) is 110 Å². The number of nitrogens with two attached hydrogens (primary N) is 1. The van der Waals surface area contributed by atoms with Crippen LogP contribution in [0.1, 0.15) is 123 Å². The summed E-state index contributed by atoms with van der Waals surface area (Å²) in [6.07, 6.45) is 24.1. The highest BCUT2D eigenvalue weighted by Crippen LogP contribution is 2.18. The van der Waals surface area contributed by atoms with Crippen molar-refractivity contribution in [1.29, 1.82) is 0 Å². The van der Waals surface area contributed by atoms with Crippen molar-refractivity contribution >= 4 is 0 Å². The molecule has 0 heterocycles. The molecule has 2 N–H and O–H groups in total. The molecule has 1 heteroatoms. The van der Waals surface area contributed by atoms with Crippen molar-refractivity contribution in [2.75, 3.05) is 6.54 Å². The van der Waals surface area contributed by atoms with E-state index >= 15 is 0 Å². The van der Waals surface area contributed by atoms with Gasteiger partial charge in [-0.2, -0.15) is 0 Å². The van der Waals surface area contributed by atoms with E-state index in [0.717, 1.165) is 12.5 Å².